The summed E-state index contributed by atoms with van der Waals surface area (Å²) in [5, 5.41) is 54.6. The van der Waals surface area contributed by atoms with E-state index in [9.17, 15) is 30.3 Å². The lowest BCUT2D eigenvalue weighted by Gasteiger charge is -2.40. The lowest BCUT2D eigenvalue weighted by Crippen LogP contribution is -2.60. The molecular weight excluding hydrogens is 1030 g/mol. The molecule has 0 saturated carbocycles. The maximum absolute atomic E-state index is 13.1. The number of unbranched alkanes of at least 4 members (excludes halogenated alkanes) is 18. The zero-order valence-electron chi connectivity index (χ0n) is 52.1. The van der Waals surface area contributed by atoms with E-state index in [0.717, 1.165) is 116 Å². The number of carbonyl (C=O) groups is 1. The Bertz CT molecular complexity index is 1910. The van der Waals surface area contributed by atoms with Gasteiger partial charge in [-0.3, -0.25) is 4.79 Å². The van der Waals surface area contributed by atoms with Gasteiger partial charge >= 0.3 is 0 Å². The molecule has 9 heteroatoms. The van der Waals surface area contributed by atoms with Gasteiger partial charge in [0.25, 0.3) is 0 Å². The Balaban J connectivity index is 2.26. The van der Waals surface area contributed by atoms with Gasteiger partial charge in [0.1, 0.15) is 24.4 Å². The summed E-state index contributed by atoms with van der Waals surface area (Å²) < 4.78 is 11.3. The van der Waals surface area contributed by atoms with Crippen LogP contribution in [0.5, 0.6) is 0 Å². The van der Waals surface area contributed by atoms with E-state index in [1.54, 1.807) is 6.08 Å². The minimum absolute atomic E-state index is 0.229. The van der Waals surface area contributed by atoms with Crippen molar-refractivity contribution >= 4 is 5.91 Å². The zero-order chi connectivity index (χ0) is 60.0. The number of ether oxygens (including phenoxy) is 2. The van der Waals surface area contributed by atoms with Crippen molar-refractivity contribution in [2.75, 3.05) is 13.2 Å². The van der Waals surface area contributed by atoms with Crippen LogP contribution in [-0.2, 0) is 14.3 Å². The molecule has 1 aliphatic heterocycles. The number of carbonyl (C=O) groups excluding carboxylic acids is 1. The van der Waals surface area contributed by atoms with E-state index in [4.69, 9.17) is 9.47 Å². The summed E-state index contributed by atoms with van der Waals surface area (Å²) >= 11 is 0. The van der Waals surface area contributed by atoms with Crippen LogP contribution in [-0.4, -0.2) is 87.5 Å². The van der Waals surface area contributed by atoms with Gasteiger partial charge in [-0.15, -0.1) is 0 Å². The van der Waals surface area contributed by atoms with Crippen LogP contribution < -0.4 is 5.32 Å². The van der Waals surface area contributed by atoms with Crippen LogP contribution in [0.1, 0.15) is 232 Å². The Morgan fingerprint density at radius 2 is 0.759 bits per heavy atom. The molecule has 468 valence electrons. The molecule has 0 aliphatic carbocycles. The number of nitrogens with one attached hydrogen (secondary N) is 1. The van der Waals surface area contributed by atoms with E-state index in [-0.39, 0.29) is 18.9 Å². The van der Waals surface area contributed by atoms with Gasteiger partial charge in [-0.05, 0) is 128 Å². The summed E-state index contributed by atoms with van der Waals surface area (Å²) in [7, 11) is 0. The summed E-state index contributed by atoms with van der Waals surface area (Å²) in [6.07, 6.45) is 90.0. The van der Waals surface area contributed by atoms with E-state index in [1.165, 1.54) is 83.5 Å². The third-order valence-electron chi connectivity index (χ3n) is 14.3. The minimum atomic E-state index is -1.59. The highest BCUT2D eigenvalue weighted by Gasteiger charge is 2.44. The van der Waals surface area contributed by atoms with Gasteiger partial charge in [0.15, 0.2) is 6.29 Å². The number of hydrogen-bond donors (Lipinski definition) is 6. The first kappa shape index (κ1) is 76.6. The van der Waals surface area contributed by atoms with Crippen molar-refractivity contribution in [3.63, 3.8) is 0 Å². The average molecular weight is 1150 g/mol. The number of aliphatic hydroxyl groups excluding tert-OH is 5. The SMILES string of the molecule is CC/C=C\C/C=C\C/C=C\C/C=C\C/C=C\C/C=C\C/C=C\C/C=C\C/C=C\C/C=C\C/C=C\CCCCCC(=O)NC(COC1OC(CO)C(O)C(O)C1O)C(O)/C=C/CC/C=C/CC/C=C/CCCCCCCCCCCCCCC. The monoisotopic (exact) mass is 1150 g/mol. The molecule has 83 heavy (non-hydrogen) atoms. The fraction of sp³-hybridized carbons (Fsp3) is 0.608. The topological polar surface area (TPSA) is 149 Å². The van der Waals surface area contributed by atoms with Crippen LogP contribution in [0.15, 0.2) is 170 Å². The molecular formula is C74H119NO8. The van der Waals surface area contributed by atoms with Gasteiger partial charge in [-0.1, -0.05) is 267 Å². The van der Waals surface area contributed by atoms with Gasteiger partial charge in [0.2, 0.25) is 5.91 Å². The molecule has 0 radical (unpaired) electrons. The third-order valence-corrected chi connectivity index (χ3v) is 14.3. The summed E-state index contributed by atoms with van der Waals surface area (Å²) in [5.41, 5.74) is 0. The second-order valence-corrected chi connectivity index (χ2v) is 21.8. The molecule has 1 rings (SSSR count). The average Bonchev–Trinajstić information content (AvgIpc) is 3.60. The van der Waals surface area contributed by atoms with Gasteiger partial charge < -0.3 is 40.3 Å². The van der Waals surface area contributed by atoms with Crippen molar-refractivity contribution < 1.29 is 39.8 Å². The van der Waals surface area contributed by atoms with E-state index < -0.39 is 49.5 Å². The van der Waals surface area contributed by atoms with Gasteiger partial charge in [-0.25, -0.2) is 0 Å². The molecule has 7 atom stereocenters. The number of rotatable bonds is 54. The van der Waals surface area contributed by atoms with Gasteiger partial charge in [0, 0.05) is 6.42 Å². The molecule has 7 unspecified atom stereocenters. The van der Waals surface area contributed by atoms with E-state index in [2.05, 4.69) is 177 Å². The van der Waals surface area contributed by atoms with Crippen molar-refractivity contribution in [1.29, 1.82) is 0 Å². The second kappa shape index (κ2) is 60.7. The summed E-state index contributed by atoms with van der Waals surface area (Å²) in [4.78, 5) is 13.1. The number of aliphatic hydroxyl groups is 5. The van der Waals surface area contributed by atoms with Crippen LogP contribution >= 0.6 is 0 Å². The highest BCUT2D eigenvalue weighted by atomic mass is 16.7. The minimum Gasteiger partial charge on any atom is -0.394 e. The quantitative estimate of drug-likeness (QED) is 0.0261. The van der Waals surface area contributed by atoms with E-state index >= 15 is 0 Å². The molecule has 0 spiro atoms. The number of allylic oxidation sites excluding steroid dienone is 27. The molecule has 6 N–H and O–H groups in total. The standard InChI is InChI=1S/C74H119NO8/c1-3-5-7-9-11-13-15-17-19-21-23-25-27-28-29-30-31-32-33-34-35-36-37-38-39-40-42-44-46-48-50-52-54-56-58-60-62-64-70(78)75-67(66-82-74-73(81)72(80)71(79)69(65-76)83-74)68(77)63-61-59-57-55-53-51-49-47-45-43-41-26-24-22-20-18-16-14-12-10-8-6-4-2/h5,7,11,13,17,19,23,25,28-29,31-32,34-35,37-38,40,42,45-48,52-55,61,63,67-69,71-74,76-77,79-81H,3-4,6,8-10,12,14-16,18,20-22,24,26-27,30,33,36,39,41,43-44,49-51,56-60,62,64-66H2,1-2H3,(H,75,78)/b7-5-,13-11-,19-17-,25-23-,29-28-,32-31-,35-34-,38-37-,42-40-,47-45+,48-46-,54-52-,55-53+,63-61+. The van der Waals surface area contributed by atoms with Crippen molar-refractivity contribution in [3.8, 4) is 0 Å². The van der Waals surface area contributed by atoms with Crippen LogP contribution in [0.2, 0.25) is 0 Å². The molecule has 1 aliphatic rings. The van der Waals surface area contributed by atoms with Crippen LogP contribution in [0.25, 0.3) is 0 Å². The summed E-state index contributed by atoms with van der Waals surface area (Å²) in [6, 6.07) is -0.861. The normalized spacial score (nSPS) is 19.4. The Morgan fingerprint density at radius 3 is 1.16 bits per heavy atom. The predicted molar refractivity (Wildman–Crippen MR) is 354 cm³/mol. The fourth-order valence-electron chi connectivity index (χ4n) is 9.13. The summed E-state index contributed by atoms with van der Waals surface area (Å²) in [6.45, 7) is 3.62. The van der Waals surface area contributed by atoms with E-state index in [1.807, 2.05) is 6.08 Å². The molecule has 1 fully saturated rings. The Morgan fingerprint density at radius 1 is 0.422 bits per heavy atom. The number of amides is 1. The Hall–Kier alpha value is -4.45. The smallest absolute Gasteiger partial charge is 0.220 e. The lowest BCUT2D eigenvalue weighted by molar-refractivity contribution is -0.302. The van der Waals surface area contributed by atoms with Crippen molar-refractivity contribution in [1.82, 2.24) is 5.32 Å². The highest BCUT2D eigenvalue weighted by Crippen LogP contribution is 2.23. The van der Waals surface area contributed by atoms with Gasteiger partial charge in [-0.2, -0.15) is 0 Å². The maximum atomic E-state index is 13.1. The maximum Gasteiger partial charge on any atom is 0.220 e. The third kappa shape index (κ3) is 49.5. The zero-order valence-corrected chi connectivity index (χ0v) is 52.1. The molecule has 1 amide bonds. The first-order chi connectivity index (χ1) is 40.8. The van der Waals surface area contributed by atoms with E-state index in [0.29, 0.717) is 12.8 Å². The lowest BCUT2D eigenvalue weighted by atomic mass is 9.99. The first-order valence-corrected chi connectivity index (χ1v) is 32.9. The molecule has 0 aromatic rings. The van der Waals surface area contributed by atoms with Crippen molar-refractivity contribution in [3.05, 3.63) is 170 Å². The summed E-state index contributed by atoms with van der Waals surface area (Å²) in [5.74, 6) is -0.229. The molecule has 0 bridgehead atoms. The largest absolute Gasteiger partial charge is 0.394 e. The molecule has 1 saturated heterocycles. The first-order valence-electron chi connectivity index (χ1n) is 32.9. The molecule has 9 nitrogen and oxygen atoms in total. The fourth-order valence-corrected chi connectivity index (χ4v) is 9.13. The number of hydrogen-bond acceptors (Lipinski definition) is 8. The van der Waals surface area contributed by atoms with Gasteiger partial charge in [0.05, 0.1) is 25.4 Å². The predicted octanol–water partition coefficient (Wildman–Crippen LogP) is 17.7. The molecule has 1 heterocycles. The van der Waals surface area contributed by atoms with Crippen LogP contribution in [0, 0.1) is 0 Å². The second-order valence-electron chi connectivity index (χ2n) is 21.8. The Labute approximate surface area is 507 Å². The molecule has 0 aromatic heterocycles. The van der Waals surface area contributed by atoms with Crippen LogP contribution in [0.3, 0.4) is 0 Å². The molecule has 0 aromatic carbocycles. The van der Waals surface area contributed by atoms with Crippen molar-refractivity contribution in [2.24, 2.45) is 0 Å². The highest BCUT2D eigenvalue weighted by molar-refractivity contribution is 5.76. The van der Waals surface area contributed by atoms with Crippen LogP contribution in [0.4, 0.5) is 0 Å². The van der Waals surface area contributed by atoms with Crippen molar-refractivity contribution in [2.45, 2.75) is 275 Å². The Kier molecular flexibility index (Phi) is 56.0.